The van der Waals surface area contributed by atoms with E-state index in [1.54, 1.807) is 12.1 Å². The third-order valence-corrected chi connectivity index (χ3v) is 9.68. The highest BCUT2D eigenvalue weighted by molar-refractivity contribution is 6.48. The molecule has 0 aromatic heterocycles. The molecule has 1 aliphatic rings. The SMILES string of the molecule is C[Si](C)O[C@@](Cc1ccc(O)cc1)(C[C@H]([C@H](Cc1ccccc1)NC(=O)OC(C)(C)C)C(C)(C)C)C(=O)N[C@H]1c2ccccc2C[C@H]1O. The van der Waals surface area contributed by atoms with Gasteiger partial charge in [0.1, 0.15) is 17.0 Å². The van der Waals surface area contributed by atoms with Crippen molar-refractivity contribution >= 4 is 21.0 Å². The molecule has 8 nitrogen and oxygen atoms in total. The first kappa shape index (κ1) is 37.2. The number of alkyl carbamates (subject to hydrolysis) is 1. The van der Waals surface area contributed by atoms with Gasteiger partial charge in [0.05, 0.1) is 12.1 Å². The number of ether oxygens (including phenoxy) is 1. The second-order valence-electron chi connectivity index (χ2n) is 15.4. The quantitative estimate of drug-likeness (QED) is 0.155. The van der Waals surface area contributed by atoms with Crippen LogP contribution in [-0.4, -0.2) is 54.6 Å². The zero-order chi connectivity index (χ0) is 35.3. The van der Waals surface area contributed by atoms with Gasteiger partial charge >= 0.3 is 6.09 Å². The molecule has 1 aliphatic carbocycles. The number of rotatable bonds is 12. The minimum Gasteiger partial charge on any atom is -0.508 e. The van der Waals surface area contributed by atoms with Gasteiger partial charge in [-0.2, -0.15) is 0 Å². The van der Waals surface area contributed by atoms with Crippen LogP contribution in [0.5, 0.6) is 5.75 Å². The van der Waals surface area contributed by atoms with Gasteiger partial charge in [-0.1, -0.05) is 87.5 Å². The molecule has 0 saturated carbocycles. The zero-order valence-corrected chi connectivity index (χ0v) is 30.7. The molecule has 0 fully saturated rings. The molecule has 0 saturated heterocycles. The average Bonchev–Trinajstić information content (AvgIpc) is 3.29. The number of fused-ring (bicyclic) bond motifs is 1. The van der Waals surface area contributed by atoms with Crippen LogP contribution in [0.1, 0.15) is 76.3 Å². The fourth-order valence-corrected chi connectivity index (χ4v) is 7.78. The third-order valence-electron chi connectivity index (χ3n) is 8.88. The van der Waals surface area contributed by atoms with Crippen LogP contribution >= 0.6 is 0 Å². The van der Waals surface area contributed by atoms with Crippen LogP contribution in [0.15, 0.2) is 78.9 Å². The number of aliphatic hydroxyl groups is 1. The number of phenolic OH excluding ortho intramolecular Hbond substituents is 1. The number of nitrogens with one attached hydrogen (secondary N) is 2. The Morgan fingerprint density at radius 1 is 0.896 bits per heavy atom. The lowest BCUT2D eigenvalue weighted by molar-refractivity contribution is -0.142. The van der Waals surface area contributed by atoms with Gasteiger partial charge in [0.15, 0.2) is 0 Å². The Morgan fingerprint density at radius 2 is 1.52 bits per heavy atom. The smallest absolute Gasteiger partial charge is 0.407 e. The molecular weight excluding hydrogens is 621 g/mol. The lowest BCUT2D eigenvalue weighted by Crippen LogP contribution is -2.58. The molecule has 2 amide bonds. The van der Waals surface area contributed by atoms with E-state index in [1.807, 2.05) is 101 Å². The number of hydrogen-bond acceptors (Lipinski definition) is 6. The van der Waals surface area contributed by atoms with Crippen LogP contribution < -0.4 is 10.6 Å². The molecule has 0 bridgehead atoms. The molecule has 4 rings (SSSR count). The number of aliphatic hydroxyl groups excluding tert-OH is 1. The molecule has 0 spiro atoms. The molecule has 48 heavy (non-hydrogen) atoms. The largest absolute Gasteiger partial charge is 0.508 e. The molecule has 0 unspecified atom stereocenters. The van der Waals surface area contributed by atoms with Gasteiger partial charge in [-0.15, -0.1) is 0 Å². The minimum atomic E-state index is -1.47. The van der Waals surface area contributed by atoms with Gasteiger partial charge in [0, 0.05) is 18.9 Å². The Labute approximate surface area is 288 Å². The number of amides is 2. The van der Waals surface area contributed by atoms with Crippen molar-refractivity contribution < 1.29 is 29.0 Å². The average molecular weight is 674 g/mol. The Balaban J connectivity index is 1.82. The number of benzene rings is 3. The maximum Gasteiger partial charge on any atom is 0.407 e. The fourth-order valence-electron chi connectivity index (χ4n) is 6.75. The number of phenols is 1. The summed E-state index contributed by atoms with van der Waals surface area (Å²) in [7, 11) is -1.47. The van der Waals surface area contributed by atoms with E-state index >= 15 is 0 Å². The lowest BCUT2D eigenvalue weighted by atomic mass is 9.68. The van der Waals surface area contributed by atoms with Crippen molar-refractivity contribution in [3.05, 3.63) is 101 Å². The molecule has 259 valence electrons. The summed E-state index contributed by atoms with van der Waals surface area (Å²) < 4.78 is 12.6. The normalized spacial score (nSPS) is 18.8. The van der Waals surface area contributed by atoms with Crippen LogP contribution in [0.4, 0.5) is 4.79 Å². The summed E-state index contributed by atoms with van der Waals surface area (Å²) in [6.07, 6.45) is 0.182. The highest BCUT2D eigenvalue weighted by Crippen LogP contribution is 2.41. The Morgan fingerprint density at radius 3 is 2.12 bits per heavy atom. The topological polar surface area (TPSA) is 117 Å². The van der Waals surface area contributed by atoms with Crippen molar-refractivity contribution in [1.29, 1.82) is 0 Å². The van der Waals surface area contributed by atoms with Crippen LogP contribution in [0.3, 0.4) is 0 Å². The van der Waals surface area contributed by atoms with Crippen LogP contribution in [0.2, 0.25) is 13.1 Å². The van der Waals surface area contributed by atoms with E-state index < -0.39 is 49.9 Å². The molecule has 3 aromatic carbocycles. The van der Waals surface area contributed by atoms with E-state index in [-0.39, 0.29) is 30.4 Å². The van der Waals surface area contributed by atoms with Gasteiger partial charge in [-0.3, -0.25) is 4.79 Å². The Bertz CT molecular complexity index is 1520. The second kappa shape index (κ2) is 15.3. The molecule has 0 aliphatic heterocycles. The van der Waals surface area contributed by atoms with Gasteiger partial charge in [-0.25, -0.2) is 4.79 Å². The van der Waals surface area contributed by atoms with E-state index in [0.717, 1.165) is 22.3 Å². The summed E-state index contributed by atoms with van der Waals surface area (Å²) in [6.45, 7) is 15.9. The maximum atomic E-state index is 14.9. The number of hydrogen-bond donors (Lipinski definition) is 4. The van der Waals surface area contributed by atoms with Crippen molar-refractivity contribution in [1.82, 2.24) is 10.6 Å². The molecule has 3 aromatic rings. The summed E-state index contributed by atoms with van der Waals surface area (Å²) >= 11 is 0. The van der Waals surface area contributed by atoms with Crippen molar-refractivity contribution in [3.8, 4) is 5.75 Å². The van der Waals surface area contributed by atoms with E-state index in [9.17, 15) is 19.8 Å². The van der Waals surface area contributed by atoms with Crippen LogP contribution in [0.25, 0.3) is 0 Å². The summed E-state index contributed by atoms with van der Waals surface area (Å²) in [4.78, 5) is 28.3. The molecule has 0 heterocycles. The molecular formula is C39H53N2O6Si. The van der Waals surface area contributed by atoms with Crippen molar-refractivity contribution in [2.75, 3.05) is 0 Å². The van der Waals surface area contributed by atoms with E-state index in [0.29, 0.717) is 12.8 Å². The maximum absolute atomic E-state index is 14.9. The lowest BCUT2D eigenvalue weighted by Gasteiger charge is -2.45. The van der Waals surface area contributed by atoms with Gasteiger partial charge < -0.3 is 30.0 Å². The number of aromatic hydroxyl groups is 1. The van der Waals surface area contributed by atoms with Gasteiger partial charge in [0.2, 0.25) is 9.04 Å². The first-order valence-corrected chi connectivity index (χ1v) is 19.2. The first-order valence-electron chi connectivity index (χ1n) is 16.8. The van der Waals surface area contributed by atoms with E-state index in [1.165, 1.54) is 0 Å². The van der Waals surface area contributed by atoms with Crippen molar-refractivity contribution in [3.63, 3.8) is 0 Å². The van der Waals surface area contributed by atoms with E-state index in [2.05, 4.69) is 31.4 Å². The zero-order valence-electron chi connectivity index (χ0n) is 29.7. The van der Waals surface area contributed by atoms with Crippen molar-refractivity contribution in [2.45, 2.75) is 110 Å². The highest BCUT2D eigenvalue weighted by atomic mass is 28.3. The first-order chi connectivity index (χ1) is 22.5. The number of carbonyl (C=O) groups is 2. The Hall–Kier alpha value is -3.66. The molecule has 4 N–H and O–H groups in total. The molecule has 9 heteroatoms. The number of carbonyl (C=O) groups excluding carboxylic acids is 2. The van der Waals surface area contributed by atoms with Crippen molar-refractivity contribution in [2.24, 2.45) is 11.3 Å². The van der Waals surface area contributed by atoms with Gasteiger partial charge in [-0.05, 0) is 92.4 Å². The Kier molecular flexibility index (Phi) is 11.8. The molecule has 5 atom stereocenters. The van der Waals surface area contributed by atoms with E-state index in [4.69, 9.17) is 9.16 Å². The van der Waals surface area contributed by atoms with Gasteiger partial charge in [0.25, 0.3) is 5.91 Å². The monoisotopic (exact) mass is 673 g/mol. The summed E-state index contributed by atoms with van der Waals surface area (Å²) in [5.41, 5.74) is 1.32. The predicted molar refractivity (Wildman–Crippen MR) is 191 cm³/mol. The highest BCUT2D eigenvalue weighted by Gasteiger charge is 2.48. The third kappa shape index (κ3) is 9.93. The summed E-state index contributed by atoms with van der Waals surface area (Å²) in [6, 6.07) is 23.6. The predicted octanol–water partition coefficient (Wildman–Crippen LogP) is 6.90. The fraction of sp³-hybridized carbons (Fsp3) is 0.487. The molecule has 1 radical (unpaired) electrons. The minimum absolute atomic E-state index is 0.133. The summed E-state index contributed by atoms with van der Waals surface area (Å²) in [5, 5.41) is 27.6. The standard InChI is InChI=1S/C39H53N2O6Si/c1-37(2,3)31(32(22-26-14-10-9-11-15-26)40-36(45)46-38(4,5)6)25-39(47-48(7)8,24-27-18-20-29(42)21-19-27)35(44)41-34-30-17-13-12-16-28(30)23-33(34)43/h9-21,31-34,42-43H,22-25H2,1-8H3,(H,40,45)(H,41,44)/t31-,32+,33-,34+,39+/m1/s1. The van der Waals surface area contributed by atoms with Crippen LogP contribution in [-0.2, 0) is 33.2 Å². The van der Waals surface area contributed by atoms with Crippen LogP contribution in [0, 0.1) is 11.3 Å². The second-order valence-corrected chi connectivity index (χ2v) is 17.4. The summed E-state index contributed by atoms with van der Waals surface area (Å²) in [5.74, 6) is -0.448.